The van der Waals surface area contributed by atoms with Gasteiger partial charge in [-0.05, 0) is 28.9 Å². The van der Waals surface area contributed by atoms with E-state index in [1.54, 1.807) is 29.3 Å². The molecular weight excluding hydrogens is 360 g/mol. The number of halogens is 1. The molecule has 0 saturated heterocycles. The molecule has 0 bridgehead atoms. The normalized spacial score (nSPS) is 11.1. The second-order valence-corrected chi connectivity index (χ2v) is 6.69. The van der Waals surface area contributed by atoms with Crippen molar-refractivity contribution < 1.29 is 4.52 Å². The summed E-state index contributed by atoms with van der Waals surface area (Å²) < 4.78 is 8.38. The van der Waals surface area contributed by atoms with E-state index in [4.69, 9.17) is 4.52 Å². The summed E-state index contributed by atoms with van der Waals surface area (Å²) in [6, 6.07) is 1.98. The van der Waals surface area contributed by atoms with Crippen LogP contribution in [0.25, 0.3) is 10.7 Å². The van der Waals surface area contributed by atoms with Gasteiger partial charge < -0.3 is 9.09 Å². The van der Waals surface area contributed by atoms with E-state index in [1.165, 1.54) is 0 Å². The maximum absolute atomic E-state index is 5.27. The zero-order valence-electron chi connectivity index (χ0n) is 10.6. The maximum Gasteiger partial charge on any atom is 0.237 e. The third-order valence-corrected chi connectivity index (χ3v) is 5.28. The van der Waals surface area contributed by atoms with Gasteiger partial charge >= 0.3 is 0 Å². The summed E-state index contributed by atoms with van der Waals surface area (Å²) in [4.78, 5) is 9.70. The van der Waals surface area contributed by atoms with Crippen LogP contribution in [0.3, 0.4) is 0 Å². The fourth-order valence-electron chi connectivity index (χ4n) is 1.65. The van der Waals surface area contributed by atoms with Crippen LogP contribution in [-0.2, 0) is 12.3 Å². The first-order valence-corrected chi connectivity index (χ1v) is 8.63. The predicted molar refractivity (Wildman–Crippen MR) is 82.8 cm³/mol. The van der Waals surface area contributed by atoms with Crippen LogP contribution in [0.4, 0.5) is 0 Å². The summed E-state index contributed by atoms with van der Waals surface area (Å²) in [7, 11) is 0. The van der Waals surface area contributed by atoms with E-state index < -0.39 is 0 Å². The highest BCUT2D eigenvalue weighted by Crippen LogP contribution is 2.28. The van der Waals surface area contributed by atoms with Gasteiger partial charge in [-0.25, -0.2) is 4.98 Å². The van der Waals surface area contributed by atoms with Gasteiger partial charge in [-0.1, -0.05) is 16.9 Å². The Labute approximate surface area is 132 Å². The highest BCUT2D eigenvalue weighted by Gasteiger charge is 2.12. The molecule has 3 heterocycles. The number of aromatic nitrogens is 4. The third-order valence-electron chi connectivity index (χ3n) is 2.60. The smallest absolute Gasteiger partial charge is 0.237 e. The Morgan fingerprint density at radius 1 is 1.50 bits per heavy atom. The molecule has 0 aliphatic carbocycles. The van der Waals surface area contributed by atoms with Crippen molar-refractivity contribution in [2.24, 2.45) is 0 Å². The summed E-state index contributed by atoms with van der Waals surface area (Å²) in [5.74, 6) is 1.87. The van der Waals surface area contributed by atoms with E-state index in [9.17, 15) is 0 Å². The van der Waals surface area contributed by atoms with Crippen LogP contribution in [0.5, 0.6) is 0 Å². The standard InChI is InChI=1S/C12H11BrN4OS2/c1-2-17-4-3-14-12(17)20-7-10-15-11(16-18-10)9-5-8(13)6-19-9/h3-6H,2,7H2,1H3. The molecule has 104 valence electrons. The van der Waals surface area contributed by atoms with E-state index in [-0.39, 0.29) is 0 Å². The number of rotatable bonds is 5. The summed E-state index contributed by atoms with van der Waals surface area (Å²) in [5.41, 5.74) is 0. The summed E-state index contributed by atoms with van der Waals surface area (Å²) >= 11 is 6.60. The SMILES string of the molecule is CCn1ccnc1SCc1nc(-c2cc(Br)cs2)no1. The molecule has 0 atom stereocenters. The Morgan fingerprint density at radius 3 is 3.15 bits per heavy atom. The zero-order chi connectivity index (χ0) is 13.9. The van der Waals surface area contributed by atoms with Crippen LogP contribution < -0.4 is 0 Å². The number of hydrogen-bond donors (Lipinski definition) is 0. The summed E-state index contributed by atoms with van der Waals surface area (Å²) in [6.07, 6.45) is 3.76. The fraction of sp³-hybridized carbons (Fsp3) is 0.250. The molecule has 3 rings (SSSR count). The molecule has 8 heteroatoms. The number of thiophene rings is 1. The Balaban J connectivity index is 1.69. The van der Waals surface area contributed by atoms with Gasteiger partial charge in [0.2, 0.25) is 11.7 Å². The molecule has 3 aromatic rings. The molecular formula is C12H11BrN4OS2. The lowest BCUT2D eigenvalue weighted by molar-refractivity contribution is 0.391. The Hall–Kier alpha value is -1.12. The Morgan fingerprint density at radius 2 is 2.40 bits per heavy atom. The summed E-state index contributed by atoms with van der Waals surface area (Å²) in [6.45, 7) is 2.99. The van der Waals surface area contributed by atoms with Crippen LogP contribution in [0.1, 0.15) is 12.8 Å². The van der Waals surface area contributed by atoms with Crippen molar-refractivity contribution in [2.75, 3.05) is 0 Å². The molecule has 5 nitrogen and oxygen atoms in total. The number of hydrogen-bond acceptors (Lipinski definition) is 6. The van der Waals surface area contributed by atoms with E-state index in [0.717, 1.165) is 21.1 Å². The number of thioether (sulfide) groups is 1. The Kier molecular flexibility index (Phi) is 4.23. The molecule has 0 spiro atoms. The van der Waals surface area contributed by atoms with Gasteiger partial charge in [-0.2, -0.15) is 4.98 Å². The monoisotopic (exact) mass is 370 g/mol. The van der Waals surface area contributed by atoms with Crippen molar-refractivity contribution in [1.82, 2.24) is 19.7 Å². The van der Waals surface area contributed by atoms with Gasteiger partial charge in [0, 0.05) is 28.8 Å². The first-order chi connectivity index (χ1) is 9.76. The molecule has 0 radical (unpaired) electrons. The Bertz CT molecular complexity index is 706. The van der Waals surface area contributed by atoms with Gasteiger partial charge in [-0.15, -0.1) is 11.3 Å². The fourth-order valence-corrected chi connectivity index (χ4v) is 3.86. The minimum absolute atomic E-state index is 0.611. The maximum atomic E-state index is 5.27. The molecule has 20 heavy (non-hydrogen) atoms. The minimum Gasteiger partial charge on any atom is -0.338 e. The molecule has 0 unspecified atom stereocenters. The van der Waals surface area contributed by atoms with Crippen molar-refractivity contribution in [3.8, 4) is 10.7 Å². The quantitative estimate of drug-likeness (QED) is 0.633. The highest BCUT2D eigenvalue weighted by molar-refractivity contribution is 9.10. The lowest BCUT2D eigenvalue weighted by atomic mass is 10.4. The molecule has 3 aromatic heterocycles. The van der Waals surface area contributed by atoms with Gasteiger partial charge in [0.25, 0.3) is 0 Å². The lowest BCUT2D eigenvalue weighted by Crippen LogP contribution is -1.94. The topological polar surface area (TPSA) is 56.7 Å². The minimum atomic E-state index is 0.611. The van der Waals surface area contributed by atoms with Crippen molar-refractivity contribution >= 4 is 39.0 Å². The van der Waals surface area contributed by atoms with Gasteiger partial charge in [0.15, 0.2) is 5.16 Å². The molecule has 0 fully saturated rings. The van der Waals surface area contributed by atoms with E-state index >= 15 is 0 Å². The van der Waals surface area contributed by atoms with Crippen LogP contribution in [0.15, 0.2) is 38.0 Å². The lowest BCUT2D eigenvalue weighted by Gasteiger charge is -2.01. The second kappa shape index (κ2) is 6.11. The van der Waals surface area contributed by atoms with Crippen LogP contribution in [0.2, 0.25) is 0 Å². The van der Waals surface area contributed by atoms with Crippen LogP contribution >= 0.6 is 39.0 Å². The summed E-state index contributed by atoms with van der Waals surface area (Å²) in [5, 5.41) is 6.97. The average molecular weight is 371 g/mol. The number of nitrogens with zero attached hydrogens (tertiary/aromatic N) is 4. The van der Waals surface area contributed by atoms with Gasteiger partial charge in [0.05, 0.1) is 10.6 Å². The average Bonchev–Trinajstić information content (AvgIpc) is 3.16. The van der Waals surface area contributed by atoms with Crippen molar-refractivity contribution in [3.05, 3.63) is 34.2 Å². The first kappa shape index (κ1) is 13.8. The molecule has 0 saturated carbocycles. The highest BCUT2D eigenvalue weighted by atomic mass is 79.9. The number of aryl methyl sites for hydroxylation is 1. The van der Waals surface area contributed by atoms with E-state index in [2.05, 4.69) is 42.5 Å². The molecule has 0 amide bonds. The second-order valence-electron chi connectivity index (χ2n) is 3.93. The number of imidazole rings is 1. The first-order valence-electron chi connectivity index (χ1n) is 5.97. The van der Waals surface area contributed by atoms with Crippen molar-refractivity contribution in [2.45, 2.75) is 24.4 Å². The van der Waals surface area contributed by atoms with Gasteiger partial charge in [-0.3, -0.25) is 0 Å². The van der Waals surface area contributed by atoms with E-state index in [1.807, 2.05) is 17.6 Å². The molecule has 0 aromatic carbocycles. The van der Waals surface area contributed by atoms with E-state index in [0.29, 0.717) is 17.5 Å². The van der Waals surface area contributed by atoms with Crippen LogP contribution in [-0.4, -0.2) is 19.7 Å². The zero-order valence-corrected chi connectivity index (χ0v) is 13.8. The molecule has 0 aliphatic heterocycles. The molecule has 0 N–H and O–H groups in total. The van der Waals surface area contributed by atoms with Crippen LogP contribution in [0, 0.1) is 0 Å². The van der Waals surface area contributed by atoms with Crippen molar-refractivity contribution in [3.63, 3.8) is 0 Å². The molecule has 0 aliphatic rings. The van der Waals surface area contributed by atoms with Gasteiger partial charge in [0.1, 0.15) is 0 Å². The largest absolute Gasteiger partial charge is 0.338 e. The predicted octanol–water partition coefficient (Wildman–Crippen LogP) is 4.07. The third kappa shape index (κ3) is 2.97. The van der Waals surface area contributed by atoms with Crippen molar-refractivity contribution in [1.29, 1.82) is 0 Å².